The number of rotatable bonds is 7. The quantitative estimate of drug-likeness (QED) is 0.588. The highest BCUT2D eigenvalue weighted by molar-refractivity contribution is 8.00. The molecule has 146 valence electrons. The van der Waals surface area contributed by atoms with E-state index in [9.17, 15) is 4.79 Å². The van der Waals surface area contributed by atoms with Crippen molar-refractivity contribution in [3.63, 3.8) is 0 Å². The van der Waals surface area contributed by atoms with Crippen molar-refractivity contribution in [3.8, 4) is 5.75 Å². The number of amides is 1. The predicted octanol–water partition coefficient (Wildman–Crippen LogP) is 3.81. The molecule has 0 aliphatic carbocycles. The highest BCUT2D eigenvalue weighted by Crippen LogP contribution is 2.25. The molecule has 1 N–H and O–H groups in total. The van der Waals surface area contributed by atoms with Crippen LogP contribution in [0.15, 0.2) is 47.6 Å². The van der Waals surface area contributed by atoms with Gasteiger partial charge >= 0.3 is 0 Å². The van der Waals surface area contributed by atoms with Crippen LogP contribution in [0.2, 0.25) is 5.02 Å². The summed E-state index contributed by atoms with van der Waals surface area (Å²) in [5, 5.41) is 15.5. The molecule has 0 aliphatic heterocycles. The molecule has 0 fully saturated rings. The van der Waals surface area contributed by atoms with E-state index in [1.807, 2.05) is 44.2 Å². The maximum atomic E-state index is 12.6. The summed E-state index contributed by atoms with van der Waals surface area (Å²) < 4.78 is 6.84. The summed E-state index contributed by atoms with van der Waals surface area (Å²) in [6.07, 6.45) is 0. The molecule has 0 aliphatic rings. The van der Waals surface area contributed by atoms with E-state index in [4.69, 9.17) is 16.3 Å². The van der Waals surface area contributed by atoms with E-state index in [2.05, 4.69) is 20.8 Å². The standard InChI is InChI=1S/C19H20ClN5O2S/c1-12-4-7-15(20)10-17(12)21-18(26)13(2)28-19-22-23-24-25(19)11-14-5-8-16(27-3)9-6-14/h4-10,13H,11H2,1-3H3,(H,21,26)/t13-/m0/s1. The number of anilines is 1. The number of methoxy groups -OCH3 is 1. The van der Waals surface area contributed by atoms with Gasteiger partial charge in [-0.25, -0.2) is 4.68 Å². The van der Waals surface area contributed by atoms with Crippen molar-refractivity contribution in [3.05, 3.63) is 58.6 Å². The smallest absolute Gasteiger partial charge is 0.237 e. The number of ether oxygens (including phenoxy) is 1. The van der Waals surface area contributed by atoms with Crippen LogP contribution in [0.5, 0.6) is 5.75 Å². The molecule has 28 heavy (non-hydrogen) atoms. The average Bonchev–Trinajstić information content (AvgIpc) is 3.11. The molecule has 2 aromatic carbocycles. The van der Waals surface area contributed by atoms with Gasteiger partial charge < -0.3 is 10.1 Å². The first kappa shape index (κ1) is 20.2. The van der Waals surface area contributed by atoms with Crippen molar-refractivity contribution in [1.29, 1.82) is 0 Å². The third-order valence-electron chi connectivity index (χ3n) is 4.10. The lowest BCUT2D eigenvalue weighted by Crippen LogP contribution is -2.23. The topological polar surface area (TPSA) is 81.9 Å². The van der Waals surface area contributed by atoms with Gasteiger partial charge in [-0.3, -0.25) is 4.79 Å². The van der Waals surface area contributed by atoms with E-state index in [0.29, 0.717) is 22.4 Å². The van der Waals surface area contributed by atoms with Gasteiger partial charge in [-0.15, -0.1) is 5.10 Å². The maximum Gasteiger partial charge on any atom is 0.237 e. The monoisotopic (exact) mass is 417 g/mol. The van der Waals surface area contributed by atoms with Crippen LogP contribution in [-0.2, 0) is 11.3 Å². The summed E-state index contributed by atoms with van der Waals surface area (Å²) in [7, 11) is 1.63. The Bertz CT molecular complexity index is 961. The lowest BCUT2D eigenvalue weighted by Gasteiger charge is -2.13. The number of aromatic nitrogens is 4. The highest BCUT2D eigenvalue weighted by atomic mass is 35.5. The van der Waals surface area contributed by atoms with Gasteiger partial charge in [0.15, 0.2) is 0 Å². The summed E-state index contributed by atoms with van der Waals surface area (Å²) in [6, 6.07) is 13.1. The maximum absolute atomic E-state index is 12.6. The molecule has 0 radical (unpaired) electrons. The van der Waals surface area contributed by atoms with Gasteiger partial charge in [0.25, 0.3) is 0 Å². The molecular formula is C19H20ClN5O2S. The second kappa shape index (κ2) is 9.07. The summed E-state index contributed by atoms with van der Waals surface area (Å²) in [5.74, 6) is 0.644. The Morgan fingerprint density at radius 3 is 2.75 bits per heavy atom. The van der Waals surface area contributed by atoms with Gasteiger partial charge in [-0.05, 0) is 59.7 Å². The van der Waals surface area contributed by atoms with Crippen LogP contribution >= 0.6 is 23.4 Å². The number of aryl methyl sites for hydroxylation is 1. The first-order valence-corrected chi connectivity index (χ1v) is 9.85. The van der Waals surface area contributed by atoms with Crippen LogP contribution in [0, 0.1) is 6.92 Å². The van der Waals surface area contributed by atoms with E-state index >= 15 is 0 Å². The first-order valence-electron chi connectivity index (χ1n) is 8.59. The number of thioether (sulfide) groups is 1. The molecule has 9 heteroatoms. The number of halogens is 1. The molecule has 7 nitrogen and oxygen atoms in total. The van der Waals surface area contributed by atoms with Crippen molar-refractivity contribution in [2.75, 3.05) is 12.4 Å². The number of tetrazole rings is 1. The fourth-order valence-electron chi connectivity index (χ4n) is 2.46. The Balaban J connectivity index is 1.65. The summed E-state index contributed by atoms with van der Waals surface area (Å²) in [4.78, 5) is 12.6. The second-order valence-corrected chi connectivity index (χ2v) is 7.92. The number of carbonyl (C=O) groups is 1. The van der Waals surface area contributed by atoms with E-state index in [0.717, 1.165) is 16.9 Å². The zero-order valence-corrected chi connectivity index (χ0v) is 17.3. The molecule has 3 aromatic rings. The van der Waals surface area contributed by atoms with Crippen molar-refractivity contribution >= 4 is 35.0 Å². The van der Waals surface area contributed by atoms with Gasteiger partial charge in [-0.1, -0.05) is 41.6 Å². The number of carbonyl (C=O) groups excluding carboxylic acids is 1. The Labute approximate surface area is 172 Å². The summed E-state index contributed by atoms with van der Waals surface area (Å²) >= 11 is 7.32. The van der Waals surface area contributed by atoms with Crippen molar-refractivity contribution in [2.24, 2.45) is 0 Å². The number of hydrogen-bond donors (Lipinski definition) is 1. The van der Waals surface area contributed by atoms with Crippen LogP contribution in [0.1, 0.15) is 18.1 Å². The zero-order valence-electron chi connectivity index (χ0n) is 15.7. The molecule has 0 bridgehead atoms. The predicted molar refractivity (Wildman–Crippen MR) is 110 cm³/mol. The van der Waals surface area contributed by atoms with E-state index in [1.54, 1.807) is 23.9 Å². The summed E-state index contributed by atoms with van der Waals surface area (Å²) in [5.41, 5.74) is 2.67. The van der Waals surface area contributed by atoms with Crippen LogP contribution in [0.4, 0.5) is 5.69 Å². The fraction of sp³-hybridized carbons (Fsp3) is 0.263. The van der Waals surface area contributed by atoms with E-state index in [1.165, 1.54) is 11.8 Å². The van der Waals surface area contributed by atoms with Gasteiger partial charge in [0.1, 0.15) is 5.75 Å². The molecule has 1 heterocycles. The van der Waals surface area contributed by atoms with Gasteiger partial charge in [0, 0.05) is 10.7 Å². The largest absolute Gasteiger partial charge is 0.497 e. The van der Waals surface area contributed by atoms with Crippen molar-refractivity contribution < 1.29 is 9.53 Å². The Hall–Kier alpha value is -2.58. The molecule has 0 saturated carbocycles. The fourth-order valence-corrected chi connectivity index (χ4v) is 3.42. The van der Waals surface area contributed by atoms with Crippen LogP contribution in [0.25, 0.3) is 0 Å². The number of benzene rings is 2. The molecule has 0 saturated heterocycles. The normalized spacial score (nSPS) is 11.9. The number of nitrogens with one attached hydrogen (secondary N) is 1. The minimum atomic E-state index is -0.390. The second-order valence-electron chi connectivity index (χ2n) is 6.18. The first-order chi connectivity index (χ1) is 13.5. The zero-order chi connectivity index (χ0) is 20.1. The van der Waals surface area contributed by atoms with E-state index < -0.39 is 0 Å². The Morgan fingerprint density at radius 2 is 2.04 bits per heavy atom. The van der Waals surface area contributed by atoms with Crippen LogP contribution in [0.3, 0.4) is 0 Å². The van der Waals surface area contributed by atoms with Crippen molar-refractivity contribution in [2.45, 2.75) is 30.8 Å². The minimum absolute atomic E-state index is 0.144. The molecule has 3 rings (SSSR count). The highest BCUT2D eigenvalue weighted by Gasteiger charge is 2.19. The third kappa shape index (κ3) is 5.02. The molecule has 1 atom stereocenters. The average molecular weight is 418 g/mol. The van der Waals surface area contributed by atoms with Gasteiger partial charge in [0.05, 0.1) is 18.9 Å². The molecule has 0 unspecified atom stereocenters. The minimum Gasteiger partial charge on any atom is -0.497 e. The molecule has 1 amide bonds. The number of nitrogens with zero attached hydrogens (tertiary/aromatic N) is 4. The SMILES string of the molecule is COc1ccc(Cn2nnnc2S[C@@H](C)C(=O)Nc2cc(Cl)ccc2C)cc1. The van der Waals surface area contributed by atoms with Crippen LogP contribution < -0.4 is 10.1 Å². The van der Waals surface area contributed by atoms with Crippen LogP contribution in [-0.4, -0.2) is 38.5 Å². The van der Waals surface area contributed by atoms with E-state index in [-0.39, 0.29) is 11.2 Å². The third-order valence-corrected chi connectivity index (χ3v) is 5.41. The molecule has 0 spiro atoms. The lowest BCUT2D eigenvalue weighted by atomic mass is 10.2. The number of hydrogen-bond acceptors (Lipinski definition) is 6. The lowest BCUT2D eigenvalue weighted by molar-refractivity contribution is -0.115. The van der Waals surface area contributed by atoms with Gasteiger partial charge in [-0.2, -0.15) is 0 Å². The Morgan fingerprint density at radius 1 is 1.29 bits per heavy atom. The molecular weight excluding hydrogens is 398 g/mol. The van der Waals surface area contributed by atoms with Gasteiger partial charge in [0.2, 0.25) is 11.1 Å². The Kier molecular flexibility index (Phi) is 6.53. The summed E-state index contributed by atoms with van der Waals surface area (Å²) in [6.45, 7) is 4.23. The van der Waals surface area contributed by atoms with Crippen molar-refractivity contribution in [1.82, 2.24) is 20.2 Å². The molecule has 1 aromatic heterocycles.